The van der Waals surface area contributed by atoms with Crippen molar-refractivity contribution in [3.8, 4) is 0 Å². The summed E-state index contributed by atoms with van der Waals surface area (Å²) in [5, 5.41) is 2.84. The zero-order valence-electron chi connectivity index (χ0n) is 10.4. The number of alkyl halides is 1. The molecule has 1 heterocycles. The molecule has 1 saturated heterocycles. The van der Waals surface area contributed by atoms with Crippen molar-refractivity contribution in [1.82, 2.24) is 0 Å². The molecule has 0 spiro atoms. The average molecular weight is 313 g/mol. The molecule has 1 aromatic rings. The number of nitrogens with one attached hydrogen (secondary N) is 1. The monoisotopic (exact) mass is 312 g/mol. The van der Waals surface area contributed by atoms with Crippen molar-refractivity contribution in [3.05, 3.63) is 24.3 Å². The number of hydrogen-bond donors (Lipinski definition) is 1. The second-order valence-electron chi connectivity index (χ2n) is 4.25. The first-order chi connectivity index (χ1) is 8.66. The van der Waals surface area contributed by atoms with Gasteiger partial charge in [0.2, 0.25) is 5.91 Å². The van der Waals surface area contributed by atoms with E-state index in [2.05, 4.69) is 26.1 Å². The number of morpholine rings is 1. The minimum atomic E-state index is -0.184. The number of halogens is 1. The van der Waals surface area contributed by atoms with E-state index in [1.165, 1.54) is 5.69 Å². The smallest absolute Gasteiger partial charge is 0.237 e. The molecule has 1 N–H and O–H groups in total. The summed E-state index contributed by atoms with van der Waals surface area (Å²) in [6.45, 7) is 5.20. The Morgan fingerprint density at radius 1 is 1.33 bits per heavy atom. The highest BCUT2D eigenvalue weighted by molar-refractivity contribution is 9.10. The Morgan fingerprint density at radius 3 is 2.50 bits per heavy atom. The maximum absolute atomic E-state index is 11.5. The Labute approximate surface area is 115 Å². The Kier molecular flexibility index (Phi) is 4.60. The van der Waals surface area contributed by atoms with Crippen molar-refractivity contribution in [2.75, 3.05) is 36.5 Å². The van der Waals surface area contributed by atoms with E-state index in [1.54, 1.807) is 6.92 Å². The van der Waals surface area contributed by atoms with E-state index in [-0.39, 0.29) is 10.7 Å². The van der Waals surface area contributed by atoms with E-state index in [0.29, 0.717) is 0 Å². The summed E-state index contributed by atoms with van der Waals surface area (Å²) in [6, 6.07) is 7.91. The summed E-state index contributed by atoms with van der Waals surface area (Å²) in [5.74, 6) is -0.0332. The molecule has 1 atom stereocenters. The van der Waals surface area contributed by atoms with Gasteiger partial charge in [-0.1, -0.05) is 15.9 Å². The van der Waals surface area contributed by atoms with Crippen LogP contribution in [0.2, 0.25) is 0 Å². The number of anilines is 2. The molecule has 0 aromatic heterocycles. The van der Waals surface area contributed by atoms with Crippen LogP contribution in [-0.2, 0) is 9.53 Å². The number of amides is 1. The molecule has 1 aliphatic heterocycles. The van der Waals surface area contributed by atoms with Crippen LogP contribution in [0.4, 0.5) is 11.4 Å². The molecule has 18 heavy (non-hydrogen) atoms. The van der Waals surface area contributed by atoms with Crippen LogP contribution >= 0.6 is 15.9 Å². The van der Waals surface area contributed by atoms with Crippen molar-refractivity contribution < 1.29 is 9.53 Å². The van der Waals surface area contributed by atoms with E-state index in [1.807, 2.05) is 24.3 Å². The van der Waals surface area contributed by atoms with Crippen LogP contribution in [0, 0.1) is 0 Å². The van der Waals surface area contributed by atoms with Gasteiger partial charge in [-0.3, -0.25) is 4.79 Å². The van der Waals surface area contributed by atoms with Crippen LogP contribution in [-0.4, -0.2) is 37.0 Å². The lowest BCUT2D eigenvalue weighted by molar-refractivity contribution is -0.115. The van der Waals surface area contributed by atoms with Crippen molar-refractivity contribution in [2.45, 2.75) is 11.8 Å². The molecule has 0 radical (unpaired) electrons. The van der Waals surface area contributed by atoms with E-state index >= 15 is 0 Å². The quantitative estimate of drug-likeness (QED) is 0.870. The van der Waals surface area contributed by atoms with Gasteiger partial charge in [-0.15, -0.1) is 0 Å². The van der Waals surface area contributed by atoms with Crippen LogP contribution in [0.5, 0.6) is 0 Å². The van der Waals surface area contributed by atoms with Crippen LogP contribution < -0.4 is 10.2 Å². The van der Waals surface area contributed by atoms with E-state index in [4.69, 9.17) is 4.74 Å². The normalized spacial score (nSPS) is 17.3. The number of carbonyl (C=O) groups excluding carboxylic acids is 1. The lowest BCUT2D eigenvalue weighted by atomic mass is 10.2. The van der Waals surface area contributed by atoms with Crippen molar-refractivity contribution >= 4 is 33.2 Å². The minimum absolute atomic E-state index is 0.0332. The topological polar surface area (TPSA) is 41.6 Å². The van der Waals surface area contributed by atoms with Gasteiger partial charge >= 0.3 is 0 Å². The summed E-state index contributed by atoms with van der Waals surface area (Å²) >= 11 is 3.24. The third kappa shape index (κ3) is 3.46. The first-order valence-electron chi connectivity index (χ1n) is 6.04. The summed E-state index contributed by atoms with van der Waals surface area (Å²) < 4.78 is 5.32. The highest BCUT2D eigenvalue weighted by Crippen LogP contribution is 2.19. The van der Waals surface area contributed by atoms with Crippen LogP contribution in [0.3, 0.4) is 0 Å². The first kappa shape index (κ1) is 13.4. The van der Waals surface area contributed by atoms with Gasteiger partial charge in [0.25, 0.3) is 0 Å². The highest BCUT2D eigenvalue weighted by Gasteiger charge is 2.12. The molecule has 0 saturated carbocycles. The van der Waals surface area contributed by atoms with Crippen LogP contribution in [0.25, 0.3) is 0 Å². The fourth-order valence-corrected chi connectivity index (χ4v) is 1.93. The molecule has 1 amide bonds. The molecule has 1 fully saturated rings. The Balaban J connectivity index is 1.98. The van der Waals surface area contributed by atoms with E-state index in [9.17, 15) is 4.79 Å². The molecular formula is C13H17BrN2O2. The zero-order chi connectivity index (χ0) is 13.0. The predicted molar refractivity (Wildman–Crippen MR) is 76.5 cm³/mol. The zero-order valence-corrected chi connectivity index (χ0v) is 11.9. The van der Waals surface area contributed by atoms with Gasteiger partial charge in [0.1, 0.15) is 0 Å². The molecule has 1 unspecified atom stereocenters. The van der Waals surface area contributed by atoms with E-state index in [0.717, 1.165) is 32.0 Å². The molecule has 1 aliphatic rings. The molecule has 0 aliphatic carbocycles. The van der Waals surface area contributed by atoms with Crippen LogP contribution in [0.15, 0.2) is 24.3 Å². The minimum Gasteiger partial charge on any atom is -0.378 e. The second kappa shape index (κ2) is 6.20. The SMILES string of the molecule is CC(Br)C(=O)Nc1ccc(N2CCOCC2)cc1. The molecule has 4 nitrogen and oxygen atoms in total. The molecule has 1 aromatic carbocycles. The standard InChI is InChI=1S/C13H17BrN2O2/c1-10(14)13(17)15-11-2-4-12(5-3-11)16-6-8-18-9-7-16/h2-5,10H,6-9H2,1H3,(H,15,17). The van der Waals surface area contributed by atoms with Crippen molar-refractivity contribution in [3.63, 3.8) is 0 Å². The molecule has 98 valence electrons. The summed E-state index contributed by atoms with van der Waals surface area (Å²) in [6.07, 6.45) is 0. The Hall–Kier alpha value is -1.07. The fourth-order valence-electron chi connectivity index (χ4n) is 1.82. The van der Waals surface area contributed by atoms with Crippen molar-refractivity contribution in [1.29, 1.82) is 0 Å². The number of rotatable bonds is 3. The van der Waals surface area contributed by atoms with E-state index < -0.39 is 0 Å². The summed E-state index contributed by atoms with van der Waals surface area (Å²) in [4.78, 5) is 13.6. The van der Waals surface area contributed by atoms with Gasteiger partial charge < -0.3 is 15.0 Å². The van der Waals surface area contributed by atoms with Gasteiger partial charge in [0.15, 0.2) is 0 Å². The molecule has 0 bridgehead atoms. The Bertz CT molecular complexity index is 400. The third-order valence-electron chi connectivity index (χ3n) is 2.87. The predicted octanol–water partition coefficient (Wildman–Crippen LogP) is 2.25. The summed E-state index contributed by atoms with van der Waals surface area (Å²) in [7, 11) is 0. The van der Waals surface area contributed by atoms with Gasteiger partial charge in [0, 0.05) is 24.5 Å². The lowest BCUT2D eigenvalue weighted by Gasteiger charge is -2.28. The van der Waals surface area contributed by atoms with Crippen LogP contribution in [0.1, 0.15) is 6.92 Å². The van der Waals surface area contributed by atoms with Gasteiger partial charge in [0.05, 0.1) is 18.0 Å². The largest absolute Gasteiger partial charge is 0.378 e. The first-order valence-corrected chi connectivity index (χ1v) is 6.96. The highest BCUT2D eigenvalue weighted by atomic mass is 79.9. The van der Waals surface area contributed by atoms with Gasteiger partial charge in [-0.05, 0) is 31.2 Å². The Morgan fingerprint density at radius 2 is 1.94 bits per heavy atom. The number of carbonyl (C=O) groups is 1. The molecular weight excluding hydrogens is 296 g/mol. The maximum atomic E-state index is 11.5. The lowest BCUT2D eigenvalue weighted by Crippen LogP contribution is -2.36. The van der Waals surface area contributed by atoms with Gasteiger partial charge in [-0.2, -0.15) is 0 Å². The van der Waals surface area contributed by atoms with Crippen molar-refractivity contribution in [2.24, 2.45) is 0 Å². The summed E-state index contributed by atoms with van der Waals surface area (Å²) in [5.41, 5.74) is 1.99. The average Bonchev–Trinajstić information content (AvgIpc) is 2.40. The number of benzene rings is 1. The third-order valence-corrected chi connectivity index (χ3v) is 3.29. The number of hydrogen-bond acceptors (Lipinski definition) is 3. The maximum Gasteiger partial charge on any atom is 0.237 e. The number of nitrogens with zero attached hydrogens (tertiary/aromatic N) is 1. The van der Waals surface area contributed by atoms with Gasteiger partial charge in [-0.25, -0.2) is 0 Å². The second-order valence-corrected chi connectivity index (χ2v) is 5.63. The molecule has 5 heteroatoms. The fraction of sp³-hybridized carbons (Fsp3) is 0.462. The number of ether oxygens (including phenoxy) is 1. The molecule has 2 rings (SSSR count).